The van der Waals surface area contributed by atoms with Gasteiger partial charge >= 0.3 is 0 Å². The first-order valence-electron chi connectivity index (χ1n) is 6.37. The predicted octanol–water partition coefficient (Wildman–Crippen LogP) is 3.83. The van der Waals surface area contributed by atoms with Gasteiger partial charge in [0, 0.05) is 18.3 Å². The third-order valence-electron chi connectivity index (χ3n) is 3.26. The van der Waals surface area contributed by atoms with E-state index in [1.807, 2.05) is 30.5 Å². The van der Waals surface area contributed by atoms with Crippen LogP contribution in [-0.4, -0.2) is 9.91 Å². The Bertz CT molecular complexity index is 814. The van der Waals surface area contributed by atoms with Crippen LogP contribution < -0.4 is 5.32 Å². The molecule has 0 bridgehead atoms. The molecule has 0 saturated heterocycles. The highest BCUT2D eigenvalue weighted by Gasteiger charge is 2.14. The number of hydrogen-bond acceptors (Lipinski definition) is 3. The zero-order valence-corrected chi connectivity index (χ0v) is 11.0. The Kier molecular flexibility index (Phi) is 3.27. The molecule has 0 radical (unpaired) electrons. The number of nitro groups is 1. The molecule has 1 aromatic heterocycles. The molecule has 2 aromatic carbocycles. The lowest BCUT2D eigenvalue weighted by atomic mass is 10.1. The summed E-state index contributed by atoms with van der Waals surface area (Å²) in [5.74, 6) is -0.624. The highest BCUT2D eigenvalue weighted by molar-refractivity contribution is 5.80. The topological polar surface area (TPSA) is 71.0 Å². The van der Waals surface area contributed by atoms with Crippen molar-refractivity contribution < 1.29 is 9.31 Å². The molecule has 0 saturated carbocycles. The maximum absolute atomic E-state index is 13.1. The normalized spacial score (nSPS) is 10.7. The van der Waals surface area contributed by atoms with Crippen LogP contribution in [0, 0.1) is 15.9 Å². The molecule has 1 heterocycles. The SMILES string of the molecule is O=[N+]([O-])c1cc(F)ccc1NCc1ccc2[nH]ccc2c1. The van der Waals surface area contributed by atoms with Gasteiger partial charge in [-0.25, -0.2) is 4.39 Å². The number of anilines is 1. The van der Waals surface area contributed by atoms with Gasteiger partial charge in [-0.15, -0.1) is 0 Å². The Balaban J connectivity index is 1.82. The first-order chi connectivity index (χ1) is 10.1. The summed E-state index contributed by atoms with van der Waals surface area (Å²) < 4.78 is 13.1. The molecule has 0 amide bonds. The maximum atomic E-state index is 13.1. The molecule has 0 aliphatic carbocycles. The van der Waals surface area contributed by atoms with E-state index in [0.717, 1.165) is 22.5 Å². The van der Waals surface area contributed by atoms with Gasteiger partial charge in [-0.1, -0.05) is 6.07 Å². The highest BCUT2D eigenvalue weighted by atomic mass is 19.1. The second-order valence-electron chi connectivity index (χ2n) is 4.67. The summed E-state index contributed by atoms with van der Waals surface area (Å²) >= 11 is 0. The van der Waals surface area contributed by atoms with Gasteiger partial charge in [-0.3, -0.25) is 10.1 Å². The van der Waals surface area contributed by atoms with Gasteiger partial charge < -0.3 is 10.3 Å². The first-order valence-corrected chi connectivity index (χ1v) is 6.37. The van der Waals surface area contributed by atoms with Crippen molar-refractivity contribution in [3.8, 4) is 0 Å². The molecular formula is C15H12FN3O2. The van der Waals surface area contributed by atoms with E-state index < -0.39 is 10.7 Å². The van der Waals surface area contributed by atoms with Gasteiger partial charge in [0.05, 0.1) is 11.0 Å². The van der Waals surface area contributed by atoms with E-state index in [0.29, 0.717) is 12.2 Å². The van der Waals surface area contributed by atoms with Crippen molar-refractivity contribution in [3.63, 3.8) is 0 Å². The summed E-state index contributed by atoms with van der Waals surface area (Å²) in [4.78, 5) is 13.4. The van der Waals surface area contributed by atoms with E-state index in [9.17, 15) is 14.5 Å². The number of fused-ring (bicyclic) bond motifs is 1. The third kappa shape index (κ3) is 2.69. The fraction of sp³-hybridized carbons (Fsp3) is 0.0667. The van der Waals surface area contributed by atoms with Crippen LogP contribution in [0.1, 0.15) is 5.56 Å². The summed E-state index contributed by atoms with van der Waals surface area (Å²) in [6.45, 7) is 0.424. The summed E-state index contributed by atoms with van der Waals surface area (Å²) in [6.07, 6.45) is 1.85. The van der Waals surface area contributed by atoms with Gasteiger partial charge in [0.1, 0.15) is 11.5 Å². The van der Waals surface area contributed by atoms with Crippen molar-refractivity contribution in [1.29, 1.82) is 0 Å². The number of H-pyrrole nitrogens is 1. The molecule has 0 aliphatic heterocycles. The summed E-state index contributed by atoms with van der Waals surface area (Å²) in [7, 11) is 0. The second-order valence-corrected chi connectivity index (χ2v) is 4.67. The number of nitrogens with one attached hydrogen (secondary N) is 2. The minimum atomic E-state index is -0.624. The number of aromatic nitrogens is 1. The molecule has 0 atom stereocenters. The lowest BCUT2D eigenvalue weighted by molar-refractivity contribution is -0.384. The Morgan fingerprint density at radius 2 is 2.05 bits per heavy atom. The van der Waals surface area contributed by atoms with Crippen LogP contribution in [0.25, 0.3) is 10.9 Å². The number of halogens is 1. The molecule has 0 unspecified atom stereocenters. The number of hydrogen-bond donors (Lipinski definition) is 2. The van der Waals surface area contributed by atoms with Crippen molar-refractivity contribution in [2.24, 2.45) is 0 Å². The van der Waals surface area contributed by atoms with Gasteiger partial charge in [0.2, 0.25) is 0 Å². The third-order valence-corrected chi connectivity index (χ3v) is 3.26. The van der Waals surface area contributed by atoms with Crippen LogP contribution in [0.15, 0.2) is 48.7 Å². The van der Waals surface area contributed by atoms with Crippen LogP contribution in [0.3, 0.4) is 0 Å². The Labute approximate surface area is 119 Å². The van der Waals surface area contributed by atoms with Crippen LogP contribution >= 0.6 is 0 Å². The fourth-order valence-corrected chi connectivity index (χ4v) is 2.22. The quantitative estimate of drug-likeness (QED) is 0.565. The van der Waals surface area contributed by atoms with Gasteiger partial charge in [0.25, 0.3) is 5.69 Å². The molecule has 0 aliphatic rings. The number of nitrogens with zero attached hydrogens (tertiary/aromatic N) is 1. The lowest BCUT2D eigenvalue weighted by Crippen LogP contribution is -2.03. The Hall–Kier alpha value is -2.89. The molecule has 21 heavy (non-hydrogen) atoms. The maximum Gasteiger partial charge on any atom is 0.295 e. The number of rotatable bonds is 4. The van der Waals surface area contributed by atoms with Crippen molar-refractivity contribution in [2.45, 2.75) is 6.54 Å². The number of benzene rings is 2. The van der Waals surface area contributed by atoms with Crippen LogP contribution in [0.4, 0.5) is 15.8 Å². The molecule has 2 N–H and O–H groups in total. The zero-order valence-electron chi connectivity index (χ0n) is 11.0. The number of aromatic amines is 1. The molecule has 5 nitrogen and oxygen atoms in total. The van der Waals surface area contributed by atoms with Crippen molar-refractivity contribution >= 4 is 22.3 Å². The minimum absolute atomic E-state index is 0.266. The molecule has 106 valence electrons. The Morgan fingerprint density at radius 3 is 2.86 bits per heavy atom. The average molecular weight is 285 g/mol. The van der Waals surface area contributed by atoms with Crippen LogP contribution in [0.5, 0.6) is 0 Å². The largest absolute Gasteiger partial charge is 0.375 e. The zero-order chi connectivity index (χ0) is 14.8. The van der Waals surface area contributed by atoms with E-state index in [1.54, 1.807) is 0 Å². The monoisotopic (exact) mass is 285 g/mol. The highest BCUT2D eigenvalue weighted by Crippen LogP contribution is 2.25. The first kappa shape index (κ1) is 13.1. The lowest BCUT2D eigenvalue weighted by Gasteiger charge is -2.07. The smallest absolute Gasteiger partial charge is 0.295 e. The van der Waals surface area contributed by atoms with E-state index in [4.69, 9.17) is 0 Å². The van der Waals surface area contributed by atoms with Crippen LogP contribution in [-0.2, 0) is 6.54 Å². The van der Waals surface area contributed by atoms with Crippen LogP contribution in [0.2, 0.25) is 0 Å². The fourth-order valence-electron chi connectivity index (χ4n) is 2.22. The molecular weight excluding hydrogens is 273 g/mol. The van der Waals surface area contributed by atoms with E-state index in [2.05, 4.69) is 10.3 Å². The number of nitro benzene ring substituents is 1. The van der Waals surface area contributed by atoms with Gasteiger partial charge in [-0.2, -0.15) is 0 Å². The van der Waals surface area contributed by atoms with Crippen molar-refractivity contribution in [3.05, 3.63) is 70.2 Å². The average Bonchev–Trinajstić information content (AvgIpc) is 2.93. The molecule has 0 spiro atoms. The molecule has 3 aromatic rings. The molecule has 3 rings (SSSR count). The van der Waals surface area contributed by atoms with Crippen molar-refractivity contribution in [1.82, 2.24) is 4.98 Å². The van der Waals surface area contributed by atoms with E-state index >= 15 is 0 Å². The van der Waals surface area contributed by atoms with Gasteiger partial charge in [0.15, 0.2) is 0 Å². The summed E-state index contributed by atoms with van der Waals surface area (Å²) in [5.41, 5.74) is 2.06. The minimum Gasteiger partial charge on any atom is -0.375 e. The predicted molar refractivity (Wildman–Crippen MR) is 78.7 cm³/mol. The van der Waals surface area contributed by atoms with E-state index in [-0.39, 0.29) is 5.69 Å². The van der Waals surface area contributed by atoms with Gasteiger partial charge in [-0.05, 0) is 41.3 Å². The standard InChI is InChI=1S/C15H12FN3O2/c16-12-2-4-14(15(8-12)19(20)21)18-9-10-1-3-13-11(7-10)5-6-17-13/h1-8,17-18H,9H2. The van der Waals surface area contributed by atoms with Crippen molar-refractivity contribution in [2.75, 3.05) is 5.32 Å². The molecule has 0 fully saturated rings. The second kappa shape index (κ2) is 5.24. The molecule has 6 heteroatoms. The summed E-state index contributed by atoms with van der Waals surface area (Å²) in [5, 5.41) is 15.0. The van der Waals surface area contributed by atoms with E-state index in [1.165, 1.54) is 12.1 Å². The summed E-state index contributed by atoms with van der Waals surface area (Å²) in [6, 6.07) is 11.3. The Morgan fingerprint density at radius 1 is 1.19 bits per heavy atom.